The van der Waals surface area contributed by atoms with Gasteiger partial charge in [0.2, 0.25) is 5.82 Å². The molecule has 0 unspecified atom stereocenters. The molecule has 6 nitrogen and oxygen atoms in total. The smallest absolute Gasteiger partial charge is 0.374 e. The Bertz CT molecular complexity index is 709. The number of fused-ring (bicyclic) bond motifs is 1. The van der Waals surface area contributed by atoms with E-state index < -0.39 is 5.97 Å². The third-order valence-electron chi connectivity index (χ3n) is 3.12. The maximum atomic E-state index is 12.0. The second kappa shape index (κ2) is 6.13. The van der Waals surface area contributed by atoms with E-state index in [-0.39, 0.29) is 11.7 Å². The van der Waals surface area contributed by atoms with E-state index in [9.17, 15) is 9.59 Å². The Morgan fingerprint density at radius 1 is 1.43 bits per heavy atom. The van der Waals surface area contributed by atoms with Gasteiger partial charge in [0.15, 0.2) is 0 Å². The monoisotopic (exact) mass is 309 g/mol. The van der Waals surface area contributed by atoms with Crippen LogP contribution in [0.2, 0.25) is 5.02 Å². The van der Waals surface area contributed by atoms with Gasteiger partial charge in [-0.1, -0.05) is 18.5 Å². The number of hydrogen-bond donors (Lipinski definition) is 1. The number of hydrogen-bond acceptors (Lipinski definition) is 4. The molecule has 0 aliphatic carbocycles. The summed E-state index contributed by atoms with van der Waals surface area (Å²) in [7, 11) is 2.98. The Hall–Kier alpha value is -2.08. The van der Waals surface area contributed by atoms with Crippen molar-refractivity contribution in [2.75, 3.05) is 13.7 Å². The summed E-state index contributed by atoms with van der Waals surface area (Å²) in [5.74, 6) is -0.634. The highest BCUT2D eigenvalue weighted by Crippen LogP contribution is 2.24. The highest BCUT2D eigenvalue weighted by atomic mass is 35.5. The molecule has 2 aromatic rings. The number of carbonyl (C=O) groups excluding carboxylic acids is 2. The Morgan fingerprint density at radius 3 is 2.76 bits per heavy atom. The van der Waals surface area contributed by atoms with E-state index in [4.69, 9.17) is 11.6 Å². The first-order valence-electron chi connectivity index (χ1n) is 6.52. The lowest BCUT2D eigenvalue weighted by Crippen LogP contribution is -2.24. The first-order chi connectivity index (χ1) is 9.99. The molecule has 0 radical (unpaired) electrons. The number of ether oxygens (including phenoxy) is 1. The van der Waals surface area contributed by atoms with E-state index >= 15 is 0 Å². The molecule has 0 atom stereocenters. The number of carbonyl (C=O) groups is 2. The maximum Gasteiger partial charge on any atom is 0.374 e. The largest absolute Gasteiger partial charge is 0.463 e. The van der Waals surface area contributed by atoms with Crippen LogP contribution in [-0.2, 0) is 11.8 Å². The fraction of sp³-hybridized carbons (Fsp3) is 0.357. The van der Waals surface area contributed by atoms with E-state index in [1.807, 2.05) is 6.92 Å². The average molecular weight is 310 g/mol. The fourth-order valence-electron chi connectivity index (χ4n) is 1.99. The van der Waals surface area contributed by atoms with Crippen LogP contribution in [0.1, 0.15) is 34.3 Å². The van der Waals surface area contributed by atoms with E-state index in [2.05, 4.69) is 15.0 Å². The summed E-state index contributed by atoms with van der Waals surface area (Å²) in [6, 6.07) is 3.20. The van der Waals surface area contributed by atoms with Gasteiger partial charge >= 0.3 is 5.97 Å². The summed E-state index contributed by atoms with van der Waals surface area (Å²) < 4.78 is 6.26. The number of aromatic nitrogens is 2. The van der Waals surface area contributed by atoms with Gasteiger partial charge in [0.05, 0.1) is 28.7 Å². The van der Waals surface area contributed by atoms with Crippen LogP contribution in [0.15, 0.2) is 12.1 Å². The van der Waals surface area contributed by atoms with Gasteiger partial charge in [-0.2, -0.15) is 0 Å². The summed E-state index contributed by atoms with van der Waals surface area (Å²) in [6.45, 7) is 2.54. The van der Waals surface area contributed by atoms with Gasteiger partial charge in [-0.3, -0.25) is 4.79 Å². The van der Waals surface area contributed by atoms with Crippen molar-refractivity contribution in [2.45, 2.75) is 13.3 Å². The van der Waals surface area contributed by atoms with Gasteiger partial charge in [0.1, 0.15) is 0 Å². The van der Waals surface area contributed by atoms with Crippen LogP contribution in [0, 0.1) is 0 Å². The molecule has 7 heteroatoms. The zero-order chi connectivity index (χ0) is 15.6. The molecular weight excluding hydrogens is 294 g/mol. The Labute approximate surface area is 127 Å². The van der Waals surface area contributed by atoms with Gasteiger partial charge in [-0.25, -0.2) is 9.78 Å². The van der Waals surface area contributed by atoms with Crippen LogP contribution in [0.4, 0.5) is 0 Å². The Morgan fingerprint density at radius 2 is 2.14 bits per heavy atom. The predicted molar refractivity (Wildman–Crippen MR) is 79.7 cm³/mol. The molecule has 112 valence electrons. The molecule has 1 N–H and O–H groups in total. The number of esters is 1. The maximum absolute atomic E-state index is 12.0. The molecule has 2 rings (SSSR count). The van der Waals surface area contributed by atoms with Gasteiger partial charge in [-0.05, 0) is 18.6 Å². The molecule has 1 amide bonds. The molecular formula is C14H16ClN3O3. The Balaban J connectivity index is 2.50. The van der Waals surface area contributed by atoms with Gasteiger partial charge < -0.3 is 14.6 Å². The summed E-state index contributed by atoms with van der Waals surface area (Å²) in [5, 5.41) is 3.08. The minimum Gasteiger partial charge on any atom is -0.463 e. The highest BCUT2D eigenvalue weighted by Gasteiger charge is 2.19. The normalized spacial score (nSPS) is 10.7. The molecule has 0 bridgehead atoms. The van der Waals surface area contributed by atoms with Crippen LogP contribution in [0.3, 0.4) is 0 Å². The van der Waals surface area contributed by atoms with Crippen LogP contribution < -0.4 is 5.32 Å². The lowest BCUT2D eigenvalue weighted by Gasteiger charge is -2.06. The number of methoxy groups -OCH3 is 1. The SMILES string of the molecule is CCCNC(=O)c1cc2nc(C(=O)OC)n(C)c2cc1Cl. The topological polar surface area (TPSA) is 73.2 Å². The molecule has 0 aliphatic rings. The minimum absolute atomic E-state index is 0.162. The molecule has 1 aromatic heterocycles. The van der Waals surface area contributed by atoms with Crippen molar-refractivity contribution in [3.8, 4) is 0 Å². The molecule has 0 saturated heterocycles. The molecule has 0 aliphatic heterocycles. The third-order valence-corrected chi connectivity index (χ3v) is 3.43. The predicted octanol–water partition coefficient (Wildman–Crippen LogP) is 2.15. The molecule has 21 heavy (non-hydrogen) atoms. The molecule has 0 saturated carbocycles. The summed E-state index contributed by atoms with van der Waals surface area (Å²) in [6.07, 6.45) is 0.835. The number of aryl methyl sites for hydroxylation is 1. The zero-order valence-electron chi connectivity index (χ0n) is 12.1. The van der Waals surface area contributed by atoms with Crippen LogP contribution in [0.5, 0.6) is 0 Å². The number of rotatable bonds is 4. The summed E-state index contributed by atoms with van der Waals surface area (Å²) in [4.78, 5) is 27.9. The standard InChI is InChI=1S/C14H16ClN3O3/c1-4-5-16-13(19)8-6-10-11(7-9(8)15)18(2)12(17-10)14(20)21-3/h6-7H,4-5H2,1-3H3,(H,16,19). The zero-order valence-corrected chi connectivity index (χ0v) is 12.8. The second-order valence-electron chi connectivity index (χ2n) is 4.56. The van der Waals surface area contributed by atoms with Crippen molar-refractivity contribution < 1.29 is 14.3 Å². The van der Waals surface area contributed by atoms with Crippen LogP contribution >= 0.6 is 11.6 Å². The number of imidazole rings is 1. The van der Waals surface area contributed by atoms with E-state index in [0.29, 0.717) is 28.2 Å². The molecule has 1 heterocycles. The van der Waals surface area contributed by atoms with Crippen molar-refractivity contribution in [3.63, 3.8) is 0 Å². The Kier molecular flexibility index (Phi) is 4.47. The van der Waals surface area contributed by atoms with E-state index in [1.54, 1.807) is 23.7 Å². The summed E-state index contributed by atoms with van der Waals surface area (Å²) in [5.41, 5.74) is 1.52. The van der Waals surface area contributed by atoms with Crippen molar-refractivity contribution in [3.05, 3.63) is 28.5 Å². The fourth-order valence-corrected chi connectivity index (χ4v) is 2.24. The van der Waals surface area contributed by atoms with Crippen molar-refractivity contribution >= 4 is 34.5 Å². The van der Waals surface area contributed by atoms with Gasteiger partial charge in [0.25, 0.3) is 5.91 Å². The number of amides is 1. The van der Waals surface area contributed by atoms with Crippen LogP contribution in [-0.4, -0.2) is 35.1 Å². The minimum atomic E-state index is -0.540. The number of benzene rings is 1. The van der Waals surface area contributed by atoms with Crippen LogP contribution in [0.25, 0.3) is 11.0 Å². The van der Waals surface area contributed by atoms with Crippen molar-refractivity contribution in [1.82, 2.24) is 14.9 Å². The first-order valence-corrected chi connectivity index (χ1v) is 6.89. The molecule has 0 spiro atoms. The van der Waals surface area contributed by atoms with Gasteiger partial charge in [0, 0.05) is 13.6 Å². The lowest BCUT2D eigenvalue weighted by atomic mass is 10.2. The molecule has 0 fully saturated rings. The quantitative estimate of drug-likeness (QED) is 0.878. The number of nitrogens with zero attached hydrogens (tertiary/aromatic N) is 2. The number of nitrogens with one attached hydrogen (secondary N) is 1. The van der Waals surface area contributed by atoms with E-state index in [0.717, 1.165) is 6.42 Å². The lowest BCUT2D eigenvalue weighted by molar-refractivity contribution is 0.0583. The van der Waals surface area contributed by atoms with E-state index in [1.165, 1.54) is 7.11 Å². The number of halogens is 1. The second-order valence-corrected chi connectivity index (χ2v) is 4.97. The summed E-state index contributed by atoms with van der Waals surface area (Å²) >= 11 is 6.15. The highest BCUT2D eigenvalue weighted by molar-refractivity contribution is 6.34. The van der Waals surface area contributed by atoms with Crippen molar-refractivity contribution in [1.29, 1.82) is 0 Å². The molecule has 1 aromatic carbocycles. The first kappa shape index (κ1) is 15.3. The average Bonchev–Trinajstić information content (AvgIpc) is 2.80. The van der Waals surface area contributed by atoms with Crippen molar-refractivity contribution in [2.24, 2.45) is 7.05 Å². The third kappa shape index (κ3) is 2.85. The van der Waals surface area contributed by atoms with Gasteiger partial charge in [-0.15, -0.1) is 0 Å².